The van der Waals surface area contributed by atoms with Crippen LogP contribution in [0.5, 0.6) is 0 Å². The van der Waals surface area contributed by atoms with Crippen LogP contribution in [-0.4, -0.2) is 17.5 Å². The molecule has 0 aliphatic heterocycles. The number of carbonyl (C=O) groups is 1. The summed E-state index contributed by atoms with van der Waals surface area (Å²) in [4.78, 5) is 10.3. The lowest BCUT2D eigenvalue weighted by atomic mass is 10.2. The topological polar surface area (TPSA) is 31.2 Å². The van der Waals surface area contributed by atoms with Crippen molar-refractivity contribution in [2.24, 2.45) is 0 Å². The first-order valence-electron chi connectivity index (χ1n) is 8.08. The maximum absolute atomic E-state index is 10.3. The van der Waals surface area contributed by atoms with Gasteiger partial charge < -0.3 is 9.30 Å². The third-order valence-electron chi connectivity index (χ3n) is 4.00. The second-order valence-electron chi connectivity index (χ2n) is 5.85. The summed E-state index contributed by atoms with van der Waals surface area (Å²) in [6.07, 6.45) is 3.95. The lowest BCUT2D eigenvalue weighted by molar-refractivity contribution is -0.104. The molecule has 24 heavy (non-hydrogen) atoms. The van der Waals surface area contributed by atoms with Crippen molar-refractivity contribution in [2.75, 3.05) is 6.61 Å². The molecule has 0 aliphatic rings. The highest BCUT2D eigenvalue weighted by Gasteiger charge is 2.09. The van der Waals surface area contributed by atoms with Gasteiger partial charge in [0.2, 0.25) is 0 Å². The molecule has 0 radical (unpaired) electrons. The Balaban J connectivity index is 1.89. The fraction of sp³-hybridized carbons (Fsp3) is 0.190. The number of nitrogens with zero attached hydrogens (tertiary/aromatic N) is 1. The standard InChI is InChI=1S/C21H21NO2/c1-17-9-10-21-19(13-17)14-20(16-24-12-6-5-11-23)22(21)15-18-7-3-2-4-8-18/h2-11,13-14H,12,15-16H2,1H3/b6-5+. The second-order valence-corrected chi connectivity index (χ2v) is 5.85. The van der Waals surface area contributed by atoms with Gasteiger partial charge in [-0.05, 0) is 36.8 Å². The summed E-state index contributed by atoms with van der Waals surface area (Å²) in [6.45, 7) is 3.87. The number of hydrogen-bond acceptors (Lipinski definition) is 2. The molecule has 1 heterocycles. The Labute approximate surface area is 142 Å². The van der Waals surface area contributed by atoms with Crippen molar-refractivity contribution in [1.29, 1.82) is 0 Å². The molecule has 2 aromatic carbocycles. The summed E-state index contributed by atoms with van der Waals surface area (Å²) < 4.78 is 7.99. The van der Waals surface area contributed by atoms with Gasteiger partial charge in [0.1, 0.15) is 6.29 Å². The van der Waals surface area contributed by atoms with E-state index in [0.717, 1.165) is 18.5 Å². The summed E-state index contributed by atoms with van der Waals surface area (Å²) in [7, 11) is 0. The van der Waals surface area contributed by atoms with E-state index in [9.17, 15) is 4.79 Å². The number of aromatic nitrogens is 1. The molecule has 3 rings (SSSR count). The first kappa shape index (κ1) is 16.2. The van der Waals surface area contributed by atoms with E-state index in [2.05, 4.69) is 60.0 Å². The number of benzene rings is 2. The molecule has 3 nitrogen and oxygen atoms in total. The van der Waals surface area contributed by atoms with Crippen molar-refractivity contribution in [3.63, 3.8) is 0 Å². The Hall–Kier alpha value is -2.65. The minimum Gasteiger partial charge on any atom is -0.371 e. The molecule has 0 atom stereocenters. The van der Waals surface area contributed by atoms with Crippen LogP contribution in [0, 0.1) is 6.92 Å². The second kappa shape index (κ2) is 7.75. The highest BCUT2D eigenvalue weighted by molar-refractivity contribution is 5.82. The zero-order chi connectivity index (χ0) is 16.8. The zero-order valence-electron chi connectivity index (χ0n) is 13.8. The number of rotatable bonds is 7. The monoisotopic (exact) mass is 319 g/mol. The molecule has 0 saturated heterocycles. The molecule has 3 aromatic rings. The van der Waals surface area contributed by atoms with Gasteiger partial charge in [-0.15, -0.1) is 0 Å². The van der Waals surface area contributed by atoms with Gasteiger partial charge in [0.15, 0.2) is 0 Å². The van der Waals surface area contributed by atoms with E-state index in [4.69, 9.17) is 4.74 Å². The number of fused-ring (bicyclic) bond motifs is 1. The predicted molar refractivity (Wildman–Crippen MR) is 97.1 cm³/mol. The maximum atomic E-state index is 10.3. The number of carbonyl (C=O) groups excluding carboxylic acids is 1. The molecule has 0 amide bonds. The largest absolute Gasteiger partial charge is 0.371 e. The SMILES string of the molecule is Cc1ccc2c(c1)cc(COC/C=C/C=O)n2Cc1ccccc1. The molecule has 0 saturated carbocycles. The van der Waals surface area contributed by atoms with Crippen LogP contribution in [-0.2, 0) is 22.7 Å². The summed E-state index contributed by atoms with van der Waals surface area (Å²) >= 11 is 0. The van der Waals surface area contributed by atoms with Gasteiger partial charge in [0, 0.05) is 23.1 Å². The zero-order valence-corrected chi connectivity index (χ0v) is 13.8. The van der Waals surface area contributed by atoms with Crippen LogP contribution in [0.15, 0.2) is 66.7 Å². The summed E-state index contributed by atoms with van der Waals surface area (Å²) in [5.41, 5.74) is 4.86. The van der Waals surface area contributed by atoms with Gasteiger partial charge >= 0.3 is 0 Å². The van der Waals surface area contributed by atoms with Crippen molar-refractivity contribution in [3.8, 4) is 0 Å². The van der Waals surface area contributed by atoms with Crippen LogP contribution in [0.4, 0.5) is 0 Å². The fourth-order valence-electron chi connectivity index (χ4n) is 2.86. The summed E-state index contributed by atoms with van der Waals surface area (Å²) in [6, 6.07) is 19.1. The molecule has 0 bridgehead atoms. The lowest BCUT2D eigenvalue weighted by Gasteiger charge is -2.11. The Bertz CT molecular complexity index is 847. The van der Waals surface area contributed by atoms with Gasteiger partial charge in [0.25, 0.3) is 0 Å². The first-order chi connectivity index (χ1) is 11.8. The van der Waals surface area contributed by atoms with Crippen LogP contribution < -0.4 is 0 Å². The molecule has 0 N–H and O–H groups in total. The van der Waals surface area contributed by atoms with Gasteiger partial charge in [-0.3, -0.25) is 4.79 Å². The van der Waals surface area contributed by atoms with Crippen LogP contribution in [0.2, 0.25) is 0 Å². The molecular formula is C21H21NO2. The lowest BCUT2D eigenvalue weighted by Crippen LogP contribution is -2.06. The van der Waals surface area contributed by atoms with Crippen LogP contribution in [0.3, 0.4) is 0 Å². The first-order valence-corrected chi connectivity index (χ1v) is 8.08. The van der Waals surface area contributed by atoms with E-state index in [1.54, 1.807) is 6.08 Å². The van der Waals surface area contributed by atoms with E-state index < -0.39 is 0 Å². The Morgan fingerprint density at radius 3 is 2.71 bits per heavy atom. The smallest absolute Gasteiger partial charge is 0.142 e. The Morgan fingerprint density at radius 1 is 1.08 bits per heavy atom. The van der Waals surface area contributed by atoms with Gasteiger partial charge in [-0.1, -0.05) is 48.0 Å². The molecular weight excluding hydrogens is 298 g/mol. The summed E-state index contributed by atoms with van der Waals surface area (Å²) in [5, 5.41) is 1.23. The van der Waals surface area contributed by atoms with E-state index >= 15 is 0 Å². The van der Waals surface area contributed by atoms with Crippen LogP contribution in [0.1, 0.15) is 16.8 Å². The highest BCUT2D eigenvalue weighted by Crippen LogP contribution is 2.23. The van der Waals surface area contributed by atoms with Crippen molar-refractivity contribution in [1.82, 2.24) is 4.57 Å². The van der Waals surface area contributed by atoms with Crippen molar-refractivity contribution in [3.05, 3.63) is 83.6 Å². The van der Waals surface area contributed by atoms with E-state index in [-0.39, 0.29) is 0 Å². The molecule has 0 unspecified atom stereocenters. The van der Waals surface area contributed by atoms with Crippen LogP contribution in [0.25, 0.3) is 10.9 Å². The average molecular weight is 319 g/mol. The van der Waals surface area contributed by atoms with E-state index in [1.807, 2.05) is 6.07 Å². The average Bonchev–Trinajstić information content (AvgIpc) is 2.92. The predicted octanol–water partition coefficient (Wildman–Crippen LogP) is 4.27. The quantitative estimate of drug-likeness (QED) is 0.370. The van der Waals surface area contributed by atoms with Crippen molar-refractivity contribution >= 4 is 17.2 Å². The number of aryl methyl sites for hydroxylation is 1. The highest BCUT2D eigenvalue weighted by atomic mass is 16.5. The molecule has 0 spiro atoms. The molecule has 0 fully saturated rings. The van der Waals surface area contributed by atoms with Crippen LogP contribution >= 0.6 is 0 Å². The number of ether oxygens (including phenoxy) is 1. The Kier molecular flexibility index (Phi) is 5.24. The fourth-order valence-corrected chi connectivity index (χ4v) is 2.86. The molecule has 1 aromatic heterocycles. The minimum atomic E-state index is 0.435. The number of allylic oxidation sites excluding steroid dienone is 1. The van der Waals surface area contributed by atoms with E-state index in [1.165, 1.54) is 28.1 Å². The third-order valence-corrected chi connectivity index (χ3v) is 4.00. The maximum Gasteiger partial charge on any atom is 0.142 e. The van der Waals surface area contributed by atoms with Gasteiger partial charge in [-0.2, -0.15) is 0 Å². The summed E-state index contributed by atoms with van der Waals surface area (Å²) in [5.74, 6) is 0. The van der Waals surface area contributed by atoms with Crippen molar-refractivity contribution in [2.45, 2.75) is 20.1 Å². The molecule has 0 aliphatic carbocycles. The molecule has 3 heteroatoms. The number of aldehydes is 1. The normalized spacial score (nSPS) is 11.4. The number of hydrogen-bond donors (Lipinski definition) is 0. The van der Waals surface area contributed by atoms with E-state index in [0.29, 0.717) is 13.2 Å². The van der Waals surface area contributed by atoms with Crippen molar-refractivity contribution < 1.29 is 9.53 Å². The minimum absolute atomic E-state index is 0.435. The van der Waals surface area contributed by atoms with Gasteiger partial charge in [-0.25, -0.2) is 0 Å². The Morgan fingerprint density at radius 2 is 1.92 bits per heavy atom. The third kappa shape index (κ3) is 3.81. The van der Waals surface area contributed by atoms with Gasteiger partial charge in [0.05, 0.1) is 13.2 Å². The molecule has 122 valence electrons.